The minimum absolute atomic E-state index is 0.135. The van der Waals surface area contributed by atoms with Crippen LogP contribution in [-0.2, 0) is 6.42 Å². The molecule has 5 heteroatoms. The van der Waals surface area contributed by atoms with E-state index in [1.807, 2.05) is 0 Å². The van der Waals surface area contributed by atoms with Gasteiger partial charge in [-0.25, -0.2) is 0 Å². The first kappa shape index (κ1) is 9.64. The number of nitrogens with one attached hydrogen (secondary N) is 2. The molecule has 0 saturated carbocycles. The van der Waals surface area contributed by atoms with E-state index in [0.29, 0.717) is 24.2 Å². The maximum Gasteiger partial charge on any atom is 0.269 e. The van der Waals surface area contributed by atoms with Gasteiger partial charge >= 0.3 is 0 Å². The van der Waals surface area contributed by atoms with Crippen LogP contribution in [0.15, 0.2) is 12.3 Å². The molecule has 15 heavy (non-hydrogen) atoms. The van der Waals surface area contributed by atoms with Crippen molar-refractivity contribution < 1.29 is 9.59 Å². The Labute approximate surface area is 86.9 Å². The third-order valence-corrected chi connectivity index (χ3v) is 2.40. The van der Waals surface area contributed by atoms with Crippen LogP contribution in [-0.4, -0.2) is 30.4 Å². The Balaban J connectivity index is 2.54. The topological polar surface area (TPSA) is 71.1 Å². The molecule has 0 bridgehead atoms. The Morgan fingerprint density at radius 2 is 2.40 bits per heavy atom. The van der Waals surface area contributed by atoms with Crippen molar-refractivity contribution in [3.63, 3.8) is 0 Å². The average molecular weight is 205 g/mol. The number of fused-ring (bicyclic) bond motifs is 1. The van der Waals surface area contributed by atoms with Crippen molar-refractivity contribution in [2.75, 3.05) is 13.6 Å². The molecule has 1 aliphatic heterocycles. The van der Waals surface area contributed by atoms with Gasteiger partial charge in [0, 0.05) is 25.4 Å². The molecule has 1 aliphatic rings. The van der Waals surface area contributed by atoms with Crippen LogP contribution < -0.4 is 10.6 Å². The van der Waals surface area contributed by atoms with E-state index in [0.717, 1.165) is 5.56 Å². The highest BCUT2D eigenvalue weighted by Crippen LogP contribution is 2.16. The zero-order valence-corrected chi connectivity index (χ0v) is 8.33. The summed E-state index contributed by atoms with van der Waals surface area (Å²) in [6.45, 7) is 0.557. The molecule has 0 aromatic carbocycles. The Kier molecular flexibility index (Phi) is 2.37. The third kappa shape index (κ3) is 1.56. The predicted octanol–water partition coefficient (Wildman–Crippen LogP) is -0.273. The van der Waals surface area contributed by atoms with Crippen LogP contribution >= 0.6 is 0 Å². The lowest BCUT2D eigenvalue weighted by molar-refractivity contribution is 0.0944. The van der Waals surface area contributed by atoms with E-state index >= 15 is 0 Å². The Morgan fingerprint density at radius 3 is 3.13 bits per heavy atom. The lowest BCUT2D eigenvalue weighted by Crippen LogP contribution is -2.34. The first-order valence-electron chi connectivity index (χ1n) is 4.72. The highest BCUT2D eigenvalue weighted by atomic mass is 16.2. The Morgan fingerprint density at radius 1 is 1.60 bits per heavy atom. The Bertz CT molecular complexity index is 429. The molecular formula is C10H11N3O2. The lowest BCUT2D eigenvalue weighted by Gasteiger charge is -2.17. The van der Waals surface area contributed by atoms with E-state index in [2.05, 4.69) is 15.6 Å². The van der Waals surface area contributed by atoms with Crippen molar-refractivity contribution in [1.82, 2.24) is 15.6 Å². The fourth-order valence-corrected chi connectivity index (χ4v) is 1.67. The van der Waals surface area contributed by atoms with Crippen molar-refractivity contribution in [3.05, 3.63) is 29.1 Å². The van der Waals surface area contributed by atoms with Crippen molar-refractivity contribution in [3.8, 4) is 0 Å². The molecule has 0 fully saturated rings. The van der Waals surface area contributed by atoms with Crippen LogP contribution in [0.5, 0.6) is 0 Å². The van der Waals surface area contributed by atoms with Crippen LogP contribution in [0.1, 0.15) is 26.4 Å². The fraction of sp³-hybridized carbons (Fsp3) is 0.300. The highest BCUT2D eigenvalue weighted by molar-refractivity contribution is 6.01. The fourth-order valence-electron chi connectivity index (χ4n) is 1.67. The van der Waals surface area contributed by atoms with Gasteiger partial charge in [0.2, 0.25) is 0 Å². The van der Waals surface area contributed by atoms with E-state index < -0.39 is 0 Å². The summed E-state index contributed by atoms with van der Waals surface area (Å²) in [7, 11) is 1.55. The first-order valence-corrected chi connectivity index (χ1v) is 4.72. The second kappa shape index (κ2) is 3.68. The van der Waals surface area contributed by atoms with Gasteiger partial charge in [-0.05, 0) is 18.1 Å². The summed E-state index contributed by atoms with van der Waals surface area (Å²) < 4.78 is 0. The predicted molar refractivity (Wildman–Crippen MR) is 53.7 cm³/mol. The molecule has 2 N–H and O–H groups in total. The van der Waals surface area contributed by atoms with E-state index in [4.69, 9.17) is 0 Å². The smallest absolute Gasteiger partial charge is 0.269 e. The molecule has 1 aromatic heterocycles. The van der Waals surface area contributed by atoms with E-state index in [1.54, 1.807) is 13.1 Å². The second-order valence-corrected chi connectivity index (χ2v) is 3.27. The maximum atomic E-state index is 11.5. The standard InChI is InChI=1S/C10H11N3O2/c1-11-10(15)8-6-2-5-13-9(14)7(6)3-4-12-8/h3-4H,2,5H2,1H3,(H,11,15)(H,13,14). The molecule has 78 valence electrons. The van der Waals surface area contributed by atoms with Gasteiger partial charge in [0.25, 0.3) is 11.8 Å². The molecule has 0 aliphatic carbocycles. The van der Waals surface area contributed by atoms with Crippen molar-refractivity contribution in [1.29, 1.82) is 0 Å². The molecule has 1 aromatic rings. The number of carbonyl (C=O) groups excluding carboxylic acids is 2. The normalized spacial score (nSPS) is 14.1. The summed E-state index contributed by atoms with van der Waals surface area (Å²) in [6, 6.07) is 1.64. The third-order valence-electron chi connectivity index (χ3n) is 2.40. The van der Waals surface area contributed by atoms with Gasteiger partial charge < -0.3 is 10.6 Å². The quantitative estimate of drug-likeness (QED) is 0.662. The van der Waals surface area contributed by atoms with Crippen LogP contribution in [0.2, 0.25) is 0 Å². The number of amides is 2. The molecule has 2 amide bonds. The van der Waals surface area contributed by atoms with E-state index in [-0.39, 0.29) is 11.8 Å². The van der Waals surface area contributed by atoms with Gasteiger partial charge in [-0.1, -0.05) is 0 Å². The van der Waals surface area contributed by atoms with Gasteiger partial charge in [-0.15, -0.1) is 0 Å². The molecule has 2 rings (SSSR count). The SMILES string of the molecule is CNC(=O)c1nccc2c1CCNC2=O. The second-order valence-electron chi connectivity index (χ2n) is 3.27. The zero-order valence-electron chi connectivity index (χ0n) is 8.33. The molecule has 2 heterocycles. The molecule has 5 nitrogen and oxygen atoms in total. The monoisotopic (exact) mass is 205 g/mol. The van der Waals surface area contributed by atoms with Crippen LogP contribution in [0.25, 0.3) is 0 Å². The van der Waals surface area contributed by atoms with E-state index in [9.17, 15) is 9.59 Å². The summed E-state index contributed by atoms with van der Waals surface area (Å²) in [6.07, 6.45) is 2.13. The summed E-state index contributed by atoms with van der Waals surface area (Å²) in [5.41, 5.74) is 1.64. The number of rotatable bonds is 1. The maximum absolute atomic E-state index is 11.5. The van der Waals surface area contributed by atoms with Crippen LogP contribution in [0, 0.1) is 0 Å². The average Bonchev–Trinajstić information content (AvgIpc) is 2.28. The van der Waals surface area contributed by atoms with Gasteiger partial charge in [-0.2, -0.15) is 0 Å². The molecule has 0 spiro atoms. The first-order chi connectivity index (χ1) is 7.24. The summed E-state index contributed by atoms with van der Waals surface area (Å²) in [5.74, 6) is -0.384. The zero-order chi connectivity index (χ0) is 10.8. The van der Waals surface area contributed by atoms with Crippen LogP contribution in [0.4, 0.5) is 0 Å². The number of carbonyl (C=O) groups is 2. The van der Waals surface area contributed by atoms with Gasteiger partial charge in [0.15, 0.2) is 0 Å². The number of nitrogens with zero attached hydrogens (tertiary/aromatic N) is 1. The minimum atomic E-state index is -0.249. The van der Waals surface area contributed by atoms with E-state index in [1.165, 1.54) is 6.20 Å². The van der Waals surface area contributed by atoms with Crippen molar-refractivity contribution >= 4 is 11.8 Å². The summed E-state index contributed by atoms with van der Waals surface area (Å²) in [4.78, 5) is 27.0. The highest BCUT2D eigenvalue weighted by Gasteiger charge is 2.22. The van der Waals surface area contributed by atoms with Crippen molar-refractivity contribution in [2.45, 2.75) is 6.42 Å². The Hall–Kier alpha value is -1.91. The number of aromatic nitrogens is 1. The van der Waals surface area contributed by atoms with Gasteiger partial charge in [0.05, 0.1) is 0 Å². The number of hydrogen-bond donors (Lipinski definition) is 2. The largest absolute Gasteiger partial charge is 0.354 e. The summed E-state index contributed by atoms with van der Waals surface area (Å²) >= 11 is 0. The molecule has 0 saturated heterocycles. The van der Waals surface area contributed by atoms with Gasteiger partial charge in [-0.3, -0.25) is 14.6 Å². The number of pyridine rings is 1. The molecule has 0 radical (unpaired) electrons. The molecular weight excluding hydrogens is 194 g/mol. The minimum Gasteiger partial charge on any atom is -0.354 e. The molecule has 0 atom stereocenters. The lowest BCUT2D eigenvalue weighted by atomic mass is 9.99. The number of hydrogen-bond acceptors (Lipinski definition) is 3. The van der Waals surface area contributed by atoms with Gasteiger partial charge in [0.1, 0.15) is 5.69 Å². The molecule has 0 unspecified atom stereocenters. The van der Waals surface area contributed by atoms with Crippen molar-refractivity contribution in [2.24, 2.45) is 0 Å². The van der Waals surface area contributed by atoms with Crippen LogP contribution in [0.3, 0.4) is 0 Å². The summed E-state index contributed by atoms with van der Waals surface area (Å²) in [5, 5.41) is 5.24.